The molecule has 1 aromatic heterocycles. The van der Waals surface area contributed by atoms with Gasteiger partial charge in [-0.05, 0) is 28.8 Å². The first-order valence-electron chi connectivity index (χ1n) is 5.20. The second-order valence-electron chi connectivity index (χ2n) is 3.47. The van der Waals surface area contributed by atoms with E-state index in [2.05, 4.69) is 5.32 Å². The predicted molar refractivity (Wildman–Crippen MR) is 63.4 cm³/mol. The highest BCUT2D eigenvalue weighted by Gasteiger charge is 2.09. The summed E-state index contributed by atoms with van der Waals surface area (Å²) >= 11 is 1.53. The number of hydrogen-bond donors (Lipinski definition) is 2. The zero-order chi connectivity index (χ0) is 11.8. The van der Waals surface area contributed by atoms with Crippen molar-refractivity contribution in [2.24, 2.45) is 0 Å². The van der Waals surface area contributed by atoms with Gasteiger partial charge in [-0.3, -0.25) is 4.79 Å². The van der Waals surface area contributed by atoms with E-state index in [-0.39, 0.29) is 12.5 Å². The van der Waals surface area contributed by atoms with Crippen LogP contribution in [0.4, 0.5) is 0 Å². The summed E-state index contributed by atoms with van der Waals surface area (Å²) in [7, 11) is 1.61. The van der Waals surface area contributed by atoms with E-state index in [1.807, 2.05) is 16.8 Å². The number of ether oxygens (including phenoxy) is 1. The molecule has 1 amide bonds. The molecule has 5 heteroatoms. The summed E-state index contributed by atoms with van der Waals surface area (Å²) < 4.78 is 4.85. The number of aliphatic hydroxyl groups is 1. The molecule has 0 radical (unpaired) electrons. The number of nitrogens with one attached hydrogen (secondary N) is 1. The molecule has 16 heavy (non-hydrogen) atoms. The monoisotopic (exact) mass is 243 g/mol. The molecule has 1 heterocycles. The summed E-state index contributed by atoms with van der Waals surface area (Å²) in [6, 6.07) is 1.85. The van der Waals surface area contributed by atoms with Crippen molar-refractivity contribution in [1.82, 2.24) is 5.32 Å². The minimum absolute atomic E-state index is 0.0497. The van der Waals surface area contributed by atoms with Crippen molar-refractivity contribution in [2.75, 3.05) is 20.3 Å². The smallest absolute Gasteiger partial charge is 0.220 e. The maximum atomic E-state index is 11.3. The molecule has 0 fully saturated rings. The van der Waals surface area contributed by atoms with Crippen LogP contribution in [0.25, 0.3) is 0 Å². The van der Waals surface area contributed by atoms with E-state index in [0.717, 1.165) is 5.56 Å². The number of methoxy groups -OCH3 is 1. The summed E-state index contributed by atoms with van der Waals surface area (Å²) in [5.74, 6) is -0.0497. The molecule has 0 aromatic carbocycles. The lowest BCUT2D eigenvalue weighted by Crippen LogP contribution is -2.28. The molecule has 1 atom stereocenters. The van der Waals surface area contributed by atoms with Crippen LogP contribution >= 0.6 is 11.3 Å². The van der Waals surface area contributed by atoms with Crippen molar-refractivity contribution in [3.63, 3.8) is 0 Å². The Morgan fingerprint density at radius 2 is 2.50 bits per heavy atom. The van der Waals surface area contributed by atoms with E-state index in [1.54, 1.807) is 7.11 Å². The maximum Gasteiger partial charge on any atom is 0.220 e. The largest absolute Gasteiger partial charge is 0.387 e. The van der Waals surface area contributed by atoms with Gasteiger partial charge >= 0.3 is 0 Å². The summed E-state index contributed by atoms with van der Waals surface area (Å²) in [5.41, 5.74) is 0.849. The first kappa shape index (κ1) is 13.2. The van der Waals surface area contributed by atoms with Crippen molar-refractivity contribution in [2.45, 2.75) is 18.9 Å². The van der Waals surface area contributed by atoms with Gasteiger partial charge in [0, 0.05) is 26.7 Å². The number of rotatable bonds is 7. The van der Waals surface area contributed by atoms with Crippen LogP contribution in [-0.2, 0) is 9.53 Å². The van der Waals surface area contributed by atoms with Gasteiger partial charge in [0.1, 0.15) is 0 Å². The van der Waals surface area contributed by atoms with Gasteiger partial charge in [-0.1, -0.05) is 0 Å². The standard InChI is InChI=1S/C11H17NO3S/c1-15-5-2-3-11(14)12-7-10(13)9-4-6-16-8-9/h4,6,8,10,13H,2-3,5,7H2,1H3,(H,12,14). The molecule has 2 N–H and O–H groups in total. The molecule has 0 spiro atoms. The quantitative estimate of drug-likeness (QED) is 0.710. The Morgan fingerprint density at radius 1 is 1.69 bits per heavy atom. The summed E-state index contributed by atoms with van der Waals surface area (Å²) in [6.45, 7) is 0.850. The highest BCUT2D eigenvalue weighted by Crippen LogP contribution is 2.14. The number of carbonyl (C=O) groups is 1. The lowest BCUT2D eigenvalue weighted by Gasteiger charge is -2.10. The zero-order valence-corrected chi connectivity index (χ0v) is 10.1. The average molecular weight is 243 g/mol. The number of amides is 1. The van der Waals surface area contributed by atoms with Crippen molar-refractivity contribution < 1.29 is 14.6 Å². The second-order valence-corrected chi connectivity index (χ2v) is 4.25. The van der Waals surface area contributed by atoms with E-state index in [1.165, 1.54) is 11.3 Å². The summed E-state index contributed by atoms with van der Waals surface area (Å²) in [5, 5.41) is 16.2. The number of carbonyl (C=O) groups excluding carboxylic acids is 1. The second kappa shape index (κ2) is 7.38. The van der Waals surface area contributed by atoms with Gasteiger partial charge in [0.2, 0.25) is 5.91 Å². The Morgan fingerprint density at radius 3 is 3.12 bits per heavy atom. The maximum absolute atomic E-state index is 11.3. The third kappa shape index (κ3) is 4.74. The third-order valence-corrected chi connectivity index (χ3v) is 2.87. The lowest BCUT2D eigenvalue weighted by molar-refractivity contribution is -0.121. The highest BCUT2D eigenvalue weighted by atomic mass is 32.1. The molecular formula is C11H17NO3S. The Bertz CT molecular complexity index is 300. The van der Waals surface area contributed by atoms with Gasteiger partial charge in [0.05, 0.1) is 6.10 Å². The minimum atomic E-state index is -0.613. The normalized spacial score (nSPS) is 12.4. The fraction of sp³-hybridized carbons (Fsp3) is 0.545. The zero-order valence-electron chi connectivity index (χ0n) is 9.31. The van der Waals surface area contributed by atoms with Crippen LogP contribution in [0, 0.1) is 0 Å². The van der Waals surface area contributed by atoms with E-state index in [4.69, 9.17) is 4.74 Å². The Kier molecular flexibility index (Phi) is 6.07. The SMILES string of the molecule is COCCCC(=O)NCC(O)c1ccsc1. The summed E-state index contributed by atoms with van der Waals surface area (Å²) in [4.78, 5) is 11.3. The topological polar surface area (TPSA) is 58.6 Å². The van der Waals surface area contributed by atoms with Gasteiger partial charge < -0.3 is 15.2 Å². The Balaban J connectivity index is 2.16. The first-order chi connectivity index (χ1) is 7.74. The van der Waals surface area contributed by atoms with Gasteiger partial charge in [0.15, 0.2) is 0 Å². The Hall–Kier alpha value is -0.910. The van der Waals surface area contributed by atoms with Gasteiger partial charge in [-0.2, -0.15) is 11.3 Å². The van der Waals surface area contributed by atoms with Crippen molar-refractivity contribution >= 4 is 17.2 Å². The molecule has 0 bridgehead atoms. The van der Waals surface area contributed by atoms with Crippen LogP contribution in [0.3, 0.4) is 0 Å². The lowest BCUT2D eigenvalue weighted by atomic mass is 10.2. The number of aliphatic hydroxyl groups excluding tert-OH is 1. The van der Waals surface area contributed by atoms with Crippen molar-refractivity contribution in [3.05, 3.63) is 22.4 Å². The van der Waals surface area contributed by atoms with Gasteiger partial charge in [0.25, 0.3) is 0 Å². The number of hydrogen-bond acceptors (Lipinski definition) is 4. The third-order valence-electron chi connectivity index (χ3n) is 2.17. The predicted octanol–water partition coefficient (Wildman–Crippen LogP) is 1.32. The molecule has 1 rings (SSSR count). The highest BCUT2D eigenvalue weighted by molar-refractivity contribution is 7.07. The van der Waals surface area contributed by atoms with E-state index >= 15 is 0 Å². The summed E-state index contributed by atoms with van der Waals surface area (Å²) in [6.07, 6.45) is 0.527. The molecule has 0 aliphatic carbocycles. The van der Waals surface area contributed by atoms with E-state index in [0.29, 0.717) is 19.4 Å². The fourth-order valence-electron chi connectivity index (χ4n) is 1.26. The van der Waals surface area contributed by atoms with Crippen molar-refractivity contribution in [3.8, 4) is 0 Å². The van der Waals surface area contributed by atoms with E-state index < -0.39 is 6.10 Å². The van der Waals surface area contributed by atoms with Crippen LogP contribution in [-0.4, -0.2) is 31.3 Å². The molecule has 90 valence electrons. The molecule has 1 aromatic rings. The fourth-order valence-corrected chi connectivity index (χ4v) is 1.97. The molecule has 0 aliphatic rings. The molecule has 4 nitrogen and oxygen atoms in total. The van der Waals surface area contributed by atoms with E-state index in [9.17, 15) is 9.90 Å². The van der Waals surface area contributed by atoms with Crippen LogP contribution in [0.1, 0.15) is 24.5 Å². The average Bonchev–Trinajstić information content (AvgIpc) is 2.79. The van der Waals surface area contributed by atoms with Crippen LogP contribution in [0.15, 0.2) is 16.8 Å². The van der Waals surface area contributed by atoms with Gasteiger partial charge in [-0.15, -0.1) is 0 Å². The minimum Gasteiger partial charge on any atom is -0.387 e. The van der Waals surface area contributed by atoms with Gasteiger partial charge in [-0.25, -0.2) is 0 Å². The molecular weight excluding hydrogens is 226 g/mol. The van der Waals surface area contributed by atoms with Crippen LogP contribution < -0.4 is 5.32 Å². The number of thiophene rings is 1. The van der Waals surface area contributed by atoms with Crippen LogP contribution in [0.5, 0.6) is 0 Å². The Labute approximate surface area is 99.2 Å². The molecule has 0 saturated carbocycles. The first-order valence-corrected chi connectivity index (χ1v) is 6.14. The van der Waals surface area contributed by atoms with Crippen molar-refractivity contribution in [1.29, 1.82) is 0 Å². The molecule has 0 saturated heterocycles. The molecule has 1 unspecified atom stereocenters. The molecule has 0 aliphatic heterocycles. The van der Waals surface area contributed by atoms with Crippen LogP contribution in [0.2, 0.25) is 0 Å².